The molecule has 3 aromatic rings. The van der Waals surface area contributed by atoms with Gasteiger partial charge in [0.25, 0.3) is 0 Å². The maximum atomic E-state index is 12.5. The van der Waals surface area contributed by atoms with Crippen LogP contribution in [0.25, 0.3) is 6.08 Å². The molecule has 0 spiro atoms. The van der Waals surface area contributed by atoms with Crippen molar-refractivity contribution in [3.05, 3.63) is 74.9 Å². The highest BCUT2D eigenvalue weighted by Gasteiger charge is 2.23. The van der Waals surface area contributed by atoms with Crippen LogP contribution in [-0.4, -0.2) is 47.4 Å². The van der Waals surface area contributed by atoms with E-state index in [-0.39, 0.29) is 5.91 Å². The van der Waals surface area contributed by atoms with Crippen molar-refractivity contribution < 1.29 is 9.53 Å². The van der Waals surface area contributed by atoms with Crippen molar-refractivity contribution >= 4 is 34.7 Å². The topological polar surface area (TPSA) is 45.7 Å². The first-order valence-electron chi connectivity index (χ1n) is 10.9. The lowest BCUT2D eigenvalue weighted by atomic mass is 9.99. The fourth-order valence-electron chi connectivity index (χ4n) is 3.88. The molecule has 3 heterocycles. The first kappa shape index (κ1) is 22.7. The lowest BCUT2D eigenvalue weighted by Gasteiger charge is -2.32. The number of carbonyl (C=O) groups excluding carboxylic acids is 1. The minimum absolute atomic E-state index is 0.0920. The Morgan fingerprint density at radius 1 is 1.22 bits per heavy atom. The standard InChI is InChI=1S/C25H29N3O2S2/c1-27(18-24-26-12-15-32-24)16-20-6-8-22(9-7-20)30-19-21-4-2-13-28(17-21)25(29)11-10-23-5-3-14-31-23/h3,5-12,14-15,21H,2,4,13,16-19H2,1H3/b11-10+/t21-/m1/s1. The second kappa shape index (κ2) is 11.4. The summed E-state index contributed by atoms with van der Waals surface area (Å²) in [5, 5.41) is 5.17. The number of rotatable bonds is 9. The van der Waals surface area contributed by atoms with Gasteiger partial charge in [-0.3, -0.25) is 9.69 Å². The number of piperidine rings is 1. The average Bonchev–Trinajstić information content (AvgIpc) is 3.51. The number of aromatic nitrogens is 1. The highest BCUT2D eigenvalue weighted by Crippen LogP contribution is 2.21. The Bertz CT molecular complexity index is 985. The van der Waals surface area contributed by atoms with Crippen molar-refractivity contribution in [3.8, 4) is 5.75 Å². The minimum Gasteiger partial charge on any atom is -0.493 e. The number of benzene rings is 1. The number of thiazole rings is 1. The third kappa shape index (κ3) is 6.76. The van der Waals surface area contributed by atoms with E-state index in [2.05, 4.69) is 29.1 Å². The maximum absolute atomic E-state index is 12.5. The van der Waals surface area contributed by atoms with Gasteiger partial charge in [0.1, 0.15) is 10.8 Å². The lowest BCUT2D eigenvalue weighted by Crippen LogP contribution is -2.40. The van der Waals surface area contributed by atoms with Crippen LogP contribution in [0, 0.1) is 5.92 Å². The maximum Gasteiger partial charge on any atom is 0.246 e. The van der Waals surface area contributed by atoms with E-state index in [4.69, 9.17) is 4.74 Å². The zero-order valence-electron chi connectivity index (χ0n) is 18.4. The molecule has 7 heteroatoms. The van der Waals surface area contributed by atoms with Gasteiger partial charge in [-0.1, -0.05) is 18.2 Å². The number of hydrogen-bond acceptors (Lipinski definition) is 6. The molecule has 1 saturated heterocycles. The van der Waals surface area contributed by atoms with Gasteiger partial charge in [0.05, 0.1) is 13.2 Å². The fourth-order valence-corrected chi connectivity index (χ4v) is 5.19. The Morgan fingerprint density at radius 3 is 2.84 bits per heavy atom. The summed E-state index contributed by atoms with van der Waals surface area (Å²) in [6, 6.07) is 12.4. The van der Waals surface area contributed by atoms with Crippen LogP contribution in [0.2, 0.25) is 0 Å². The van der Waals surface area contributed by atoms with Crippen LogP contribution in [0.5, 0.6) is 5.75 Å². The quantitative estimate of drug-likeness (QED) is 0.408. The van der Waals surface area contributed by atoms with Crippen LogP contribution >= 0.6 is 22.7 Å². The molecule has 5 nitrogen and oxygen atoms in total. The molecular weight excluding hydrogens is 438 g/mol. The lowest BCUT2D eigenvalue weighted by molar-refractivity contribution is -0.127. The highest BCUT2D eigenvalue weighted by molar-refractivity contribution is 7.10. The Labute approximate surface area is 198 Å². The molecule has 0 bridgehead atoms. The molecule has 0 saturated carbocycles. The van der Waals surface area contributed by atoms with Gasteiger partial charge >= 0.3 is 0 Å². The molecule has 0 aliphatic carbocycles. The molecule has 1 atom stereocenters. The minimum atomic E-state index is 0.0920. The molecule has 0 unspecified atom stereocenters. The van der Waals surface area contributed by atoms with Gasteiger partial charge in [-0.05, 0) is 55.1 Å². The smallest absolute Gasteiger partial charge is 0.246 e. The third-order valence-electron chi connectivity index (χ3n) is 5.51. The van der Waals surface area contributed by atoms with Gasteiger partial charge in [-0.15, -0.1) is 22.7 Å². The van der Waals surface area contributed by atoms with E-state index in [1.165, 1.54) is 5.56 Å². The second-order valence-electron chi connectivity index (χ2n) is 8.19. The van der Waals surface area contributed by atoms with Crippen molar-refractivity contribution in [1.82, 2.24) is 14.8 Å². The van der Waals surface area contributed by atoms with Crippen molar-refractivity contribution in [2.45, 2.75) is 25.9 Å². The van der Waals surface area contributed by atoms with E-state index in [1.54, 1.807) is 28.7 Å². The number of nitrogens with zero attached hydrogens (tertiary/aromatic N) is 3. The fraction of sp³-hybridized carbons (Fsp3) is 0.360. The molecule has 1 fully saturated rings. The van der Waals surface area contributed by atoms with Gasteiger partial charge in [0.2, 0.25) is 5.91 Å². The van der Waals surface area contributed by atoms with Crippen LogP contribution in [0.3, 0.4) is 0 Å². The third-order valence-corrected chi connectivity index (χ3v) is 7.12. The molecule has 4 rings (SSSR count). The van der Waals surface area contributed by atoms with Crippen molar-refractivity contribution in [2.75, 3.05) is 26.7 Å². The zero-order valence-corrected chi connectivity index (χ0v) is 20.0. The second-order valence-corrected chi connectivity index (χ2v) is 10.2. The summed E-state index contributed by atoms with van der Waals surface area (Å²) in [6.45, 7) is 3.95. The molecule has 32 heavy (non-hydrogen) atoms. The molecule has 1 aromatic carbocycles. The van der Waals surface area contributed by atoms with Gasteiger partial charge in [-0.2, -0.15) is 0 Å². The van der Waals surface area contributed by atoms with Gasteiger partial charge < -0.3 is 9.64 Å². The normalized spacial score (nSPS) is 16.7. The van der Waals surface area contributed by atoms with E-state index in [0.717, 1.165) is 54.7 Å². The predicted octanol–water partition coefficient (Wildman–Crippen LogP) is 5.17. The number of thiophene rings is 1. The van der Waals surface area contributed by atoms with Crippen molar-refractivity contribution in [3.63, 3.8) is 0 Å². The molecular formula is C25H29N3O2S2. The summed E-state index contributed by atoms with van der Waals surface area (Å²) in [7, 11) is 2.11. The SMILES string of the molecule is CN(Cc1ccc(OC[C@@H]2CCCN(C(=O)/C=C/c3cccs3)C2)cc1)Cc1nccs1. The average molecular weight is 468 g/mol. The molecule has 0 N–H and O–H groups in total. The van der Waals surface area contributed by atoms with Gasteiger partial charge in [0, 0.05) is 48.1 Å². The number of amides is 1. The number of carbonyl (C=O) groups is 1. The van der Waals surface area contributed by atoms with Crippen LogP contribution in [0.4, 0.5) is 0 Å². The Hall–Kier alpha value is -2.48. The summed E-state index contributed by atoms with van der Waals surface area (Å²) in [4.78, 5) is 22.2. The van der Waals surface area contributed by atoms with E-state index in [1.807, 2.05) is 52.2 Å². The van der Waals surface area contributed by atoms with Crippen LogP contribution in [-0.2, 0) is 17.9 Å². The van der Waals surface area contributed by atoms with Crippen molar-refractivity contribution in [2.24, 2.45) is 5.92 Å². The molecule has 2 aromatic heterocycles. The summed E-state index contributed by atoms with van der Waals surface area (Å²) in [5.74, 6) is 1.35. The van der Waals surface area contributed by atoms with Gasteiger partial charge in [0.15, 0.2) is 0 Å². The molecule has 1 amide bonds. The predicted molar refractivity (Wildman–Crippen MR) is 132 cm³/mol. The van der Waals surface area contributed by atoms with E-state index >= 15 is 0 Å². The number of likely N-dealkylation sites (tertiary alicyclic amines) is 1. The molecule has 1 aliphatic rings. The summed E-state index contributed by atoms with van der Waals surface area (Å²) < 4.78 is 6.06. The summed E-state index contributed by atoms with van der Waals surface area (Å²) in [5.41, 5.74) is 1.25. The highest BCUT2D eigenvalue weighted by atomic mass is 32.1. The Balaban J connectivity index is 1.22. The van der Waals surface area contributed by atoms with E-state index < -0.39 is 0 Å². The first-order valence-corrected chi connectivity index (χ1v) is 12.7. The number of ether oxygens (including phenoxy) is 1. The van der Waals surface area contributed by atoms with Crippen LogP contribution in [0.15, 0.2) is 59.4 Å². The van der Waals surface area contributed by atoms with Crippen LogP contribution in [0.1, 0.15) is 28.3 Å². The summed E-state index contributed by atoms with van der Waals surface area (Å²) in [6.07, 6.45) is 7.57. The molecule has 0 radical (unpaired) electrons. The van der Waals surface area contributed by atoms with Gasteiger partial charge in [-0.25, -0.2) is 4.98 Å². The van der Waals surface area contributed by atoms with Crippen LogP contribution < -0.4 is 4.74 Å². The molecule has 1 aliphatic heterocycles. The van der Waals surface area contributed by atoms with E-state index in [9.17, 15) is 4.79 Å². The molecule has 168 valence electrons. The number of hydrogen-bond donors (Lipinski definition) is 0. The first-order chi connectivity index (χ1) is 15.7. The monoisotopic (exact) mass is 467 g/mol. The Kier molecular flexibility index (Phi) is 8.09. The largest absolute Gasteiger partial charge is 0.493 e. The Morgan fingerprint density at radius 2 is 2.09 bits per heavy atom. The van der Waals surface area contributed by atoms with E-state index in [0.29, 0.717) is 12.5 Å². The zero-order chi connectivity index (χ0) is 22.2. The van der Waals surface area contributed by atoms with Crippen molar-refractivity contribution in [1.29, 1.82) is 0 Å². The summed E-state index contributed by atoms with van der Waals surface area (Å²) >= 11 is 3.33.